The van der Waals surface area contributed by atoms with Crippen LogP contribution in [0.2, 0.25) is 0 Å². The number of aliphatic imine (C=N–C) groups is 1. The Labute approximate surface area is 70.2 Å². The molecule has 11 heavy (non-hydrogen) atoms. The number of allylic oxidation sites excluding steroid dienone is 2. The molecule has 0 heterocycles. The topological polar surface area (TPSA) is 12.4 Å². The summed E-state index contributed by atoms with van der Waals surface area (Å²) in [7, 11) is 0. The molecule has 0 aromatic heterocycles. The highest BCUT2D eigenvalue weighted by Gasteiger charge is 2.07. The monoisotopic (exact) mass is 153 g/mol. The molecule has 0 fully saturated rings. The van der Waals surface area contributed by atoms with Crippen molar-refractivity contribution in [2.75, 3.05) is 0 Å². The van der Waals surface area contributed by atoms with Gasteiger partial charge in [-0.1, -0.05) is 27.7 Å². The van der Waals surface area contributed by atoms with Gasteiger partial charge in [-0.15, -0.1) is 0 Å². The average molecular weight is 153 g/mol. The molecule has 1 nitrogen and oxygen atoms in total. The van der Waals surface area contributed by atoms with Crippen LogP contribution in [0.1, 0.15) is 34.6 Å². The molecule has 0 amide bonds. The molecule has 0 atom stereocenters. The van der Waals surface area contributed by atoms with Crippen LogP contribution < -0.4 is 0 Å². The minimum atomic E-state index is 0.495. The summed E-state index contributed by atoms with van der Waals surface area (Å²) in [5.74, 6) is 1.08. The zero-order valence-electron chi connectivity index (χ0n) is 8.31. The summed E-state index contributed by atoms with van der Waals surface area (Å²) in [6.07, 6.45) is 0. The fourth-order valence-electron chi connectivity index (χ4n) is 1.06. The van der Waals surface area contributed by atoms with Crippen molar-refractivity contribution in [1.82, 2.24) is 0 Å². The van der Waals surface area contributed by atoms with Crippen LogP contribution in [0.3, 0.4) is 0 Å². The third kappa shape index (κ3) is 2.87. The van der Waals surface area contributed by atoms with Gasteiger partial charge in [-0.05, 0) is 31.1 Å². The lowest BCUT2D eigenvalue weighted by atomic mass is 9.97. The van der Waals surface area contributed by atoms with Crippen molar-refractivity contribution in [3.63, 3.8) is 0 Å². The SMILES string of the molecule is C=N/C(=C(\C)C(C)C)C(C)C. The number of hydrogen-bond donors (Lipinski definition) is 0. The number of hydrogen-bond acceptors (Lipinski definition) is 1. The average Bonchev–Trinajstić information content (AvgIpc) is 1.88. The van der Waals surface area contributed by atoms with Crippen LogP contribution in [0, 0.1) is 11.8 Å². The fraction of sp³-hybridized carbons (Fsp3) is 0.700. The van der Waals surface area contributed by atoms with Gasteiger partial charge in [0, 0.05) is 5.70 Å². The molecule has 0 aliphatic rings. The van der Waals surface area contributed by atoms with Crippen molar-refractivity contribution in [1.29, 1.82) is 0 Å². The van der Waals surface area contributed by atoms with Crippen LogP contribution >= 0.6 is 0 Å². The zero-order chi connectivity index (χ0) is 9.02. The minimum Gasteiger partial charge on any atom is -0.269 e. The van der Waals surface area contributed by atoms with Crippen LogP contribution in [-0.4, -0.2) is 6.72 Å². The van der Waals surface area contributed by atoms with Gasteiger partial charge in [-0.3, -0.25) is 4.99 Å². The van der Waals surface area contributed by atoms with Crippen molar-refractivity contribution in [3.05, 3.63) is 11.3 Å². The van der Waals surface area contributed by atoms with Crippen molar-refractivity contribution < 1.29 is 0 Å². The highest BCUT2D eigenvalue weighted by molar-refractivity contribution is 5.31. The van der Waals surface area contributed by atoms with E-state index in [9.17, 15) is 0 Å². The van der Waals surface area contributed by atoms with E-state index in [1.54, 1.807) is 0 Å². The molecule has 0 saturated carbocycles. The Morgan fingerprint density at radius 2 is 1.55 bits per heavy atom. The maximum Gasteiger partial charge on any atom is 0.0413 e. The molecule has 0 radical (unpaired) electrons. The standard InChI is InChI=1S/C10H19N/c1-7(2)9(5)10(11-6)8(3)4/h7-8H,6H2,1-5H3/b10-9+. The molecular weight excluding hydrogens is 134 g/mol. The van der Waals surface area contributed by atoms with Gasteiger partial charge in [0.25, 0.3) is 0 Å². The Kier molecular flexibility index (Phi) is 4.09. The van der Waals surface area contributed by atoms with Gasteiger partial charge in [-0.25, -0.2) is 0 Å². The first-order valence-electron chi connectivity index (χ1n) is 4.18. The summed E-state index contributed by atoms with van der Waals surface area (Å²) >= 11 is 0. The van der Waals surface area contributed by atoms with Gasteiger partial charge in [0.15, 0.2) is 0 Å². The van der Waals surface area contributed by atoms with E-state index >= 15 is 0 Å². The second kappa shape index (κ2) is 4.32. The lowest BCUT2D eigenvalue weighted by molar-refractivity contribution is 0.685. The predicted molar refractivity (Wildman–Crippen MR) is 51.9 cm³/mol. The summed E-state index contributed by atoms with van der Waals surface area (Å²) in [5.41, 5.74) is 2.51. The number of nitrogens with zero attached hydrogens (tertiary/aromatic N) is 1. The first-order chi connectivity index (χ1) is 5.00. The largest absolute Gasteiger partial charge is 0.269 e. The highest BCUT2D eigenvalue weighted by Crippen LogP contribution is 2.20. The van der Waals surface area contributed by atoms with E-state index in [4.69, 9.17) is 0 Å². The lowest BCUT2D eigenvalue weighted by Crippen LogP contribution is -1.99. The third-order valence-corrected chi connectivity index (χ3v) is 1.99. The van der Waals surface area contributed by atoms with Crippen LogP contribution in [0.4, 0.5) is 0 Å². The molecule has 0 N–H and O–H groups in total. The Morgan fingerprint density at radius 3 is 1.64 bits per heavy atom. The van der Waals surface area contributed by atoms with Crippen LogP contribution in [0.5, 0.6) is 0 Å². The fourth-order valence-corrected chi connectivity index (χ4v) is 1.06. The molecule has 0 aliphatic heterocycles. The quantitative estimate of drug-likeness (QED) is 0.552. The molecule has 0 bridgehead atoms. The van der Waals surface area contributed by atoms with Crippen LogP contribution in [0.15, 0.2) is 16.3 Å². The van der Waals surface area contributed by atoms with Gasteiger partial charge in [-0.2, -0.15) is 0 Å². The second-order valence-electron chi connectivity index (χ2n) is 3.54. The van der Waals surface area contributed by atoms with E-state index in [0.29, 0.717) is 11.8 Å². The first kappa shape index (κ1) is 10.4. The summed E-state index contributed by atoms with van der Waals surface area (Å²) in [4.78, 5) is 4.04. The molecule has 0 unspecified atom stereocenters. The highest BCUT2D eigenvalue weighted by atomic mass is 14.7. The Balaban J connectivity index is 4.68. The molecule has 1 heteroatoms. The third-order valence-electron chi connectivity index (χ3n) is 1.99. The number of rotatable bonds is 3. The summed E-state index contributed by atoms with van der Waals surface area (Å²) in [5, 5.41) is 0. The van der Waals surface area contributed by atoms with Gasteiger partial charge in [0.2, 0.25) is 0 Å². The molecule has 0 spiro atoms. The van der Waals surface area contributed by atoms with Gasteiger partial charge in [0.05, 0.1) is 0 Å². The van der Waals surface area contributed by atoms with Gasteiger partial charge >= 0.3 is 0 Å². The molecule has 64 valence electrons. The summed E-state index contributed by atoms with van der Waals surface area (Å²) < 4.78 is 0. The van der Waals surface area contributed by atoms with Crippen molar-refractivity contribution in [2.24, 2.45) is 16.8 Å². The Morgan fingerprint density at radius 1 is 1.09 bits per heavy atom. The molecule has 0 aromatic rings. The zero-order valence-corrected chi connectivity index (χ0v) is 8.31. The first-order valence-corrected chi connectivity index (χ1v) is 4.18. The second-order valence-corrected chi connectivity index (χ2v) is 3.54. The van der Waals surface area contributed by atoms with E-state index < -0.39 is 0 Å². The molecule has 0 saturated heterocycles. The van der Waals surface area contributed by atoms with Crippen LogP contribution in [0.25, 0.3) is 0 Å². The van der Waals surface area contributed by atoms with Crippen LogP contribution in [-0.2, 0) is 0 Å². The van der Waals surface area contributed by atoms with E-state index in [0.717, 1.165) is 5.70 Å². The summed E-state index contributed by atoms with van der Waals surface area (Å²) in [6.45, 7) is 14.4. The van der Waals surface area contributed by atoms with Crippen molar-refractivity contribution in [2.45, 2.75) is 34.6 Å². The van der Waals surface area contributed by atoms with E-state index in [1.807, 2.05) is 0 Å². The van der Waals surface area contributed by atoms with E-state index in [-0.39, 0.29) is 0 Å². The molecular formula is C10H19N. The minimum absolute atomic E-state index is 0.495. The smallest absolute Gasteiger partial charge is 0.0413 e. The molecule has 0 aromatic carbocycles. The molecule has 0 aliphatic carbocycles. The van der Waals surface area contributed by atoms with Gasteiger partial charge < -0.3 is 0 Å². The lowest BCUT2D eigenvalue weighted by Gasteiger charge is -2.13. The molecule has 0 rings (SSSR count). The van der Waals surface area contributed by atoms with Crippen molar-refractivity contribution in [3.8, 4) is 0 Å². The van der Waals surface area contributed by atoms with E-state index in [2.05, 4.69) is 46.3 Å². The van der Waals surface area contributed by atoms with Crippen molar-refractivity contribution >= 4 is 6.72 Å². The Hall–Kier alpha value is -0.590. The van der Waals surface area contributed by atoms with E-state index in [1.165, 1.54) is 5.57 Å². The van der Waals surface area contributed by atoms with Gasteiger partial charge in [0.1, 0.15) is 0 Å². The predicted octanol–water partition coefficient (Wildman–Crippen LogP) is 3.27. The maximum absolute atomic E-state index is 4.04. The Bertz CT molecular complexity index is 164. The summed E-state index contributed by atoms with van der Waals surface area (Å²) in [6, 6.07) is 0. The normalized spacial score (nSPS) is 13.7. The maximum atomic E-state index is 4.04.